The number of carbonyl (C=O) groups is 4. The summed E-state index contributed by atoms with van der Waals surface area (Å²) in [6, 6.07) is 4.71. The Morgan fingerprint density at radius 2 is 1.80 bits per heavy atom. The SMILES string of the molecule is CC(C)[C@H](NC(=O)[C@H](C)NCOC(=O)C(F)(F)F)C(=O)N1CS(=O)(=O)C=C1C(=O)N[C@@H]1CCCc2ccccc21. The van der Waals surface area contributed by atoms with Crippen molar-refractivity contribution in [1.29, 1.82) is 0 Å². The summed E-state index contributed by atoms with van der Waals surface area (Å²) in [6.45, 7) is 3.51. The summed E-state index contributed by atoms with van der Waals surface area (Å²) in [5.74, 6) is -6.24. The molecule has 3 N–H and O–H groups in total. The number of halogens is 3. The zero-order valence-corrected chi connectivity index (χ0v) is 22.9. The molecule has 0 fully saturated rings. The number of sulfone groups is 1. The highest BCUT2D eigenvalue weighted by Crippen LogP contribution is 2.30. The molecule has 0 aromatic heterocycles. The first kappa shape index (κ1) is 31.1. The van der Waals surface area contributed by atoms with Crippen molar-refractivity contribution in [2.45, 2.75) is 64.3 Å². The van der Waals surface area contributed by atoms with E-state index in [9.17, 15) is 40.8 Å². The predicted molar refractivity (Wildman–Crippen MR) is 135 cm³/mol. The van der Waals surface area contributed by atoms with E-state index in [4.69, 9.17) is 0 Å². The highest BCUT2D eigenvalue weighted by atomic mass is 32.2. The first-order valence-corrected chi connectivity index (χ1v) is 14.2. The van der Waals surface area contributed by atoms with Gasteiger partial charge < -0.3 is 15.4 Å². The van der Waals surface area contributed by atoms with Gasteiger partial charge in [0.2, 0.25) is 5.91 Å². The number of fused-ring (bicyclic) bond motifs is 1. The number of amides is 3. The molecule has 2 aliphatic rings. The fourth-order valence-electron chi connectivity index (χ4n) is 4.38. The molecule has 3 atom stereocenters. The Hall–Kier alpha value is -3.46. The van der Waals surface area contributed by atoms with E-state index in [2.05, 4.69) is 20.7 Å². The van der Waals surface area contributed by atoms with Gasteiger partial charge in [-0.2, -0.15) is 13.2 Å². The Morgan fingerprint density at radius 1 is 1.12 bits per heavy atom. The van der Waals surface area contributed by atoms with E-state index in [1.54, 1.807) is 13.8 Å². The zero-order chi connectivity index (χ0) is 29.8. The number of nitrogens with zero attached hydrogens (tertiary/aromatic N) is 1. The van der Waals surface area contributed by atoms with Crippen LogP contribution in [0.3, 0.4) is 0 Å². The number of aryl methyl sites for hydroxylation is 1. The molecule has 0 spiro atoms. The Morgan fingerprint density at radius 3 is 2.45 bits per heavy atom. The molecule has 1 aliphatic carbocycles. The second-order valence-electron chi connectivity index (χ2n) is 9.91. The number of hydrogen-bond acceptors (Lipinski definition) is 8. The lowest BCUT2D eigenvalue weighted by Gasteiger charge is -2.30. The van der Waals surface area contributed by atoms with E-state index in [0.717, 1.165) is 34.3 Å². The highest BCUT2D eigenvalue weighted by molar-refractivity contribution is 7.94. The number of alkyl halides is 3. The summed E-state index contributed by atoms with van der Waals surface area (Å²) in [5.41, 5.74) is 1.60. The molecule has 15 heteroatoms. The summed E-state index contributed by atoms with van der Waals surface area (Å²) < 4.78 is 65.7. The number of ether oxygens (including phenoxy) is 1. The minimum Gasteiger partial charge on any atom is -0.443 e. The van der Waals surface area contributed by atoms with Gasteiger partial charge in [-0.1, -0.05) is 38.1 Å². The fraction of sp³-hybridized carbons (Fsp3) is 0.520. The van der Waals surface area contributed by atoms with Crippen molar-refractivity contribution in [3.8, 4) is 0 Å². The molecule has 1 aromatic carbocycles. The molecule has 0 bridgehead atoms. The van der Waals surface area contributed by atoms with Crippen molar-refractivity contribution in [3.63, 3.8) is 0 Å². The molecule has 1 aromatic rings. The lowest BCUT2D eigenvalue weighted by Crippen LogP contribution is -2.55. The Bertz CT molecular complexity index is 1300. The van der Waals surface area contributed by atoms with Crippen LogP contribution in [0.2, 0.25) is 0 Å². The van der Waals surface area contributed by atoms with Crippen molar-refractivity contribution >= 4 is 33.5 Å². The number of rotatable bonds is 9. The number of nitrogens with one attached hydrogen (secondary N) is 3. The van der Waals surface area contributed by atoms with Gasteiger partial charge in [0.15, 0.2) is 9.84 Å². The lowest BCUT2D eigenvalue weighted by atomic mass is 9.87. The first-order valence-electron chi connectivity index (χ1n) is 12.5. The molecule has 0 saturated carbocycles. The molecule has 220 valence electrons. The fourth-order valence-corrected chi connectivity index (χ4v) is 5.66. The van der Waals surface area contributed by atoms with E-state index < -0.39 is 70.3 Å². The normalized spacial score (nSPS) is 19.7. The molecular formula is C25H31F3N4O7S. The van der Waals surface area contributed by atoms with Crippen LogP contribution in [0, 0.1) is 5.92 Å². The maximum Gasteiger partial charge on any atom is 0.490 e. The summed E-state index contributed by atoms with van der Waals surface area (Å²) >= 11 is 0. The second-order valence-corrected chi connectivity index (χ2v) is 11.7. The molecular weight excluding hydrogens is 557 g/mol. The average molecular weight is 589 g/mol. The standard InChI is InChI=1S/C25H31F3N4O7S/c1-14(2)20(31-21(33)15(3)29-12-39-24(36)25(26,27)28)23(35)32-13-40(37,38)11-19(32)22(34)30-18-10-6-8-16-7-4-5-9-17(16)18/h4-5,7,9,11,14-15,18,20,29H,6,8,10,12-13H2,1-3H3,(H,30,34)(H,31,33)/t15-,18+,20-/m0/s1. The molecule has 1 aliphatic heterocycles. The topological polar surface area (TPSA) is 151 Å². The smallest absolute Gasteiger partial charge is 0.443 e. The van der Waals surface area contributed by atoms with Crippen molar-refractivity contribution in [3.05, 3.63) is 46.5 Å². The van der Waals surface area contributed by atoms with Crippen molar-refractivity contribution < 1.29 is 45.5 Å². The highest BCUT2D eigenvalue weighted by Gasteiger charge is 2.42. The third-order valence-corrected chi connectivity index (χ3v) is 7.71. The number of esters is 1. The minimum absolute atomic E-state index is 0.377. The van der Waals surface area contributed by atoms with Gasteiger partial charge in [-0.15, -0.1) is 0 Å². The zero-order valence-electron chi connectivity index (χ0n) is 22.1. The van der Waals surface area contributed by atoms with Gasteiger partial charge in [-0.3, -0.25) is 24.6 Å². The van der Waals surface area contributed by atoms with Crippen LogP contribution in [0.4, 0.5) is 13.2 Å². The van der Waals surface area contributed by atoms with Crippen molar-refractivity contribution in [2.75, 3.05) is 12.6 Å². The van der Waals surface area contributed by atoms with Crippen LogP contribution in [-0.2, 0) is 40.2 Å². The van der Waals surface area contributed by atoms with Gasteiger partial charge in [-0.05, 0) is 43.2 Å². The summed E-state index contributed by atoms with van der Waals surface area (Å²) in [7, 11) is -3.96. The van der Waals surface area contributed by atoms with Gasteiger partial charge in [0.1, 0.15) is 24.3 Å². The molecule has 11 nitrogen and oxygen atoms in total. The Balaban J connectivity index is 1.70. The van der Waals surface area contributed by atoms with E-state index >= 15 is 0 Å². The van der Waals surface area contributed by atoms with Crippen LogP contribution in [0.15, 0.2) is 35.4 Å². The maximum atomic E-state index is 13.5. The van der Waals surface area contributed by atoms with E-state index in [-0.39, 0.29) is 11.7 Å². The third kappa shape index (κ3) is 7.59. The van der Waals surface area contributed by atoms with Crippen molar-refractivity contribution in [2.24, 2.45) is 5.92 Å². The summed E-state index contributed by atoms with van der Waals surface area (Å²) in [6.07, 6.45) is -2.91. The quantitative estimate of drug-likeness (QED) is 0.290. The Labute approximate surface area is 229 Å². The van der Waals surface area contributed by atoms with Gasteiger partial charge >= 0.3 is 12.1 Å². The third-order valence-electron chi connectivity index (χ3n) is 6.51. The largest absolute Gasteiger partial charge is 0.490 e. The van der Waals surface area contributed by atoms with Gasteiger partial charge in [-0.25, -0.2) is 13.2 Å². The summed E-state index contributed by atoms with van der Waals surface area (Å²) in [4.78, 5) is 51.0. The predicted octanol–water partition coefficient (Wildman–Crippen LogP) is 1.42. The Kier molecular flexibility index (Phi) is 9.61. The van der Waals surface area contributed by atoms with E-state index in [0.29, 0.717) is 6.42 Å². The number of hydrogen-bond donors (Lipinski definition) is 3. The van der Waals surface area contributed by atoms with Crippen LogP contribution >= 0.6 is 0 Å². The molecule has 1 heterocycles. The molecule has 0 saturated heterocycles. The maximum absolute atomic E-state index is 13.5. The molecule has 3 amide bonds. The van der Waals surface area contributed by atoms with Gasteiger partial charge in [0.05, 0.1) is 17.5 Å². The van der Waals surface area contributed by atoms with E-state index in [1.807, 2.05) is 24.3 Å². The first-order chi connectivity index (χ1) is 18.6. The van der Waals surface area contributed by atoms with Crippen LogP contribution in [0.5, 0.6) is 0 Å². The minimum atomic E-state index is -5.20. The molecule has 0 unspecified atom stereocenters. The lowest BCUT2D eigenvalue weighted by molar-refractivity contribution is -0.200. The van der Waals surface area contributed by atoms with Crippen LogP contribution < -0.4 is 16.0 Å². The number of benzene rings is 1. The van der Waals surface area contributed by atoms with Crippen LogP contribution in [-0.4, -0.2) is 67.9 Å². The van der Waals surface area contributed by atoms with Gasteiger partial charge in [0, 0.05) is 0 Å². The molecule has 3 rings (SSSR count). The van der Waals surface area contributed by atoms with Crippen molar-refractivity contribution in [1.82, 2.24) is 20.9 Å². The molecule has 40 heavy (non-hydrogen) atoms. The second kappa shape index (κ2) is 12.4. The van der Waals surface area contributed by atoms with E-state index in [1.165, 1.54) is 6.92 Å². The van der Waals surface area contributed by atoms with Gasteiger partial charge in [0.25, 0.3) is 11.8 Å². The number of carbonyl (C=O) groups excluding carboxylic acids is 4. The molecule has 0 radical (unpaired) electrons. The van der Waals surface area contributed by atoms with Crippen LogP contribution in [0.1, 0.15) is 50.8 Å². The average Bonchev–Trinajstić information content (AvgIpc) is 3.21. The monoisotopic (exact) mass is 588 g/mol. The summed E-state index contributed by atoms with van der Waals surface area (Å²) in [5, 5.41) is 8.27. The van der Waals surface area contributed by atoms with Crippen LogP contribution in [0.25, 0.3) is 0 Å².